The number of hydrogen-bond acceptors (Lipinski definition) is 8. The quantitative estimate of drug-likeness (QED) is 0.306. The Bertz CT molecular complexity index is 1440. The van der Waals surface area contributed by atoms with E-state index in [-0.39, 0.29) is 10.9 Å². The van der Waals surface area contributed by atoms with Gasteiger partial charge >= 0.3 is 0 Å². The highest BCUT2D eigenvalue weighted by molar-refractivity contribution is 6.31. The van der Waals surface area contributed by atoms with Crippen molar-refractivity contribution in [2.24, 2.45) is 4.99 Å². The lowest BCUT2D eigenvalue weighted by molar-refractivity contribution is -0.111. The number of aliphatic imine (C=N–C) groups is 1. The van der Waals surface area contributed by atoms with Crippen molar-refractivity contribution >= 4 is 58.1 Å². The van der Waals surface area contributed by atoms with Crippen LogP contribution in [0.5, 0.6) is 5.75 Å². The van der Waals surface area contributed by atoms with Crippen LogP contribution in [0.3, 0.4) is 0 Å². The van der Waals surface area contributed by atoms with Gasteiger partial charge in [-0.1, -0.05) is 18.2 Å². The number of nitrogens with one attached hydrogen (secondary N) is 3. The number of carbonyl (C=O) groups excluding carboxylic acids is 1. The first-order chi connectivity index (χ1) is 17.9. The van der Waals surface area contributed by atoms with Gasteiger partial charge in [-0.2, -0.15) is 0 Å². The third-order valence-corrected chi connectivity index (χ3v) is 5.48. The molecule has 1 aliphatic rings. The summed E-state index contributed by atoms with van der Waals surface area (Å²) in [5.41, 5.74) is 3.09. The number of methoxy groups -OCH3 is 1. The number of hydrogen-bond donors (Lipinski definition) is 3. The largest absolute Gasteiger partial charge is 0.494 e. The fraction of sp³-hybridized carbons (Fsp3) is 0.0769. The second kappa shape index (κ2) is 11.4. The molecular formula is C26H23ClFN7O2. The Labute approximate surface area is 218 Å². The smallest absolute Gasteiger partial charge is 0.247 e. The molecule has 0 aliphatic carbocycles. The van der Waals surface area contributed by atoms with E-state index < -0.39 is 5.82 Å². The summed E-state index contributed by atoms with van der Waals surface area (Å²) in [6.45, 7) is 5.44. The second-order valence-electron chi connectivity index (χ2n) is 7.71. The first-order valence-electron chi connectivity index (χ1n) is 11.0. The van der Waals surface area contributed by atoms with Gasteiger partial charge in [0.15, 0.2) is 0 Å². The predicted octanol–water partition coefficient (Wildman–Crippen LogP) is 6.16. The van der Waals surface area contributed by atoms with Gasteiger partial charge in [-0.3, -0.25) is 9.79 Å². The zero-order valence-corrected chi connectivity index (χ0v) is 20.8. The van der Waals surface area contributed by atoms with Gasteiger partial charge in [0.2, 0.25) is 5.91 Å². The van der Waals surface area contributed by atoms with Gasteiger partial charge in [0.1, 0.15) is 29.5 Å². The molecule has 0 atom stereocenters. The van der Waals surface area contributed by atoms with E-state index in [0.717, 1.165) is 5.70 Å². The molecule has 1 aromatic heterocycles. The van der Waals surface area contributed by atoms with Crippen LogP contribution in [0.2, 0.25) is 5.02 Å². The number of ether oxygens (including phenoxy) is 1. The second-order valence-corrected chi connectivity index (χ2v) is 8.12. The molecule has 1 aliphatic heterocycles. The Morgan fingerprint density at radius 2 is 1.92 bits per heavy atom. The molecule has 4 rings (SSSR count). The molecule has 2 heterocycles. The number of halogens is 2. The van der Waals surface area contributed by atoms with Crippen LogP contribution in [0.1, 0.15) is 6.92 Å². The normalized spacial score (nSPS) is 12.4. The van der Waals surface area contributed by atoms with Gasteiger partial charge in [0, 0.05) is 42.1 Å². The molecule has 11 heteroatoms. The molecular weight excluding hydrogens is 497 g/mol. The van der Waals surface area contributed by atoms with E-state index in [1.807, 2.05) is 18.0 Å². The monoisotopic (exact) mass is 519 g/mol. The Morgan fingerprint density at radius 1 is 1.14 bits per heavy atom. The number of nitrogens with zero attached hydrogens (tertiary/aromatic N) is 4. The standard InChI is InChI=1S/C26H23ClFN7O2/c1-4-26(36)34-20-11-21(23(37-3)12-22(20)35-9-5-8-29-14-16(35)2)33-25-13-24(30-15-31-25)32-17-6-7-19(28)18(27)10-17/h4-15H,1H2,2-3H3,(H,34,36)(H2,30,31,32,33). The number of rotatable bonds is 8. The number of amides is 1. The summed E-state index contributed by atoms with van der Waals surface area (Å²) >= 11 is 5.87. The lowest BCUT2D eigenvalue weighted by Crippen LogP contribution is -2.17. The minimum absolute atomic E-state index is 0.00720. The maximum absolute atomic E-state index is 13.5. The van der Waals surface area contributed by atoms with Crippen molar-refractivity contribution < 1.29 is 13.9 Å². The summed E-state index contributed by atoms with van der Waals surface area (Å²) in [6.07, 6.45) is 9.55. The van der Waals surface area contributed by atoms with Gasteiger partial charge in [-0.15, -0.1) is 0 Å². The molecule has 3 aromatic rings. The van der Waals surface area contributed by atoms with Crippen LogP contribution in [0, 0.1) is 5.82 Å². The summed E-state index contributed by atoms with van der Waals surface area (Å²) in [5.74, 6) is 0.501. The molecule has 1 amide bonds. The summed E-state index contributed by atoms with van der Waals surface area (Å²) < 4.78 is 19.1. The van der Waals surface area contributed by atoms with Gasteiger partial charge in [0.25, 0.3) is 0 Å². The molecule has 9 nitrogen and oxygen atoms in total. The molecule has 0 fully saturated rings. The third kappa shape index (κ3) is 6.11. The maximum Gasteiger partial charge on any atom is 0.247 e. The van der Waals surface area contributed by atoms with Gasteiger partial charge in [-0.05, 0) is 43.3 Å². The SMILES string of the molecule is C=CC(=O)Nc1cc(Nc2cc(Nc3ccc(F)c(Cl)c3)ncn2)c(OC)cc1N1C=CC=NC=C1C. The first-order valence-corrected chi connectivity index (χ1v) is 11.4. The molecule has 3 N–H and O–H groups in total. The van der Waals surface area contributed by atoms with E-state index >= 15 is 0 Å². The topological polar surface area (TPSA) is 104 Å². The van der Waals surface area contributed by atoms with Crippen LogP contribution in [-0.2, 0) is 4.79 Å². The van der Waals surface area contributed by atoms with E-state index in [2.05, 4.69) is 37.5 Å². The number of benzene rings is 2. The molecule has 0 unspecified atom stereocenters. The van der Waals surface area contributed by atoms with E-state index in [1.165, 1.54) is 24.5 Å². The van der Waals surface area contributed by atoms with Crippen LogP contribution < -0.4 is 25.6 Å². The van der Waals surface area contributed by atoms with E-state index in [0.29, 0.717) is 40.1 Å². The highest BCUT2D eigenvalue weighted by Crippen LogP contribution is 2.40. The van der Waals surface area contributed by atoms with Crippen LogP contribution in [0.4, 0.5) is 38.8 Å². The van der Waals surface area contributed by atoms with E-state index in [1.54, 1.807) is 49.9 Å². The van der Waals surface area contributed by atoms with Crippen molar-refractivity contribution in [2.75, 3.05) is 28.0 Å². The Kier molecular flexibility index (Phi) is 7.80. The zero-order valence-electron chi connectivity index (χ0n) is 20.0. The van der Waals surface area contributed by atoms with Gasteiger partial charge in [0.05, 0.1) is 29.2 Å². The molecule has 37 heavy (non-hydrogen) atoms. The average molecular weight is 520 g/mol. The number of aromatic nitrogens is 2. The third-order valence-electron chi connectivity index (χ3n) is 5.19. The minimum atomic E-state index is -0.513. The first kappa shape index (κ1) is 25.4. The molecule has 0 radical (unpaired) electrons. The number of allylic oxidation sites excluding steroid dienone is 2. The molecule has 0 saturated heterocycles. The summed E-state index contributed by atoms with van der Waals surface area (Å²) in [5, 5.41) is 9.10. The molecule has 188 valence electrons. The van der Waals surface area contributed by atoms with Gasteiger partial charge < -0.3 is 25.6 Å². The van der Waals surface area contributed by atoms with Crippen LogP contribution in [0.15, 0.2) is 84.5 Å². The maximum atomic E-state index is 13.5. The van der Waals surface area contributed by atoms with Crippen LogP contribution >= 0.6 is 11.6 Å². The van der Waals surface area contributed by atoms with E-state index in [4.69, 9.17) is 16.3 Å². The van der Waals surface area contributed by atoms with Crippen molar-refractivity contribution in [3.63, 3.8) is 0 Å². The average Bonchev–Trinajstić information content (AvgIpc) is 3.10. The van der Waals surface area contributed by atoms with Crippen LogP contribution in [0.25, 0.3) is 0 Å². The number of anilines is 6. The molecule has 2 aromatic carbocycles. The fourth-order valence-corrected chi connectivity index (χ4v) is 3.63. The molecule has 0 bridgehead atoms. The summed E-state index contributed by atoms with van der Waals surface area (Å²) in [4.78, 5) is 26.8. The highest BCUT2D eigenvalue weighted by atomic mass is 35.5. The summed E-state index contributed by atoms with van der Waals surface area (Å²) in [7, 11) is 1.54. The molecule has 0 spiro atoms. The van der Waals surface area contributed by atoms with Crippen molar-refractivity contribution in [3.8, 4) is 5.75 Å². The van der Waals surface area contributed by atoms with Crippen molar-refractivity contribution in [2.45, 2.75) is 6.92 Å². The van der Waals surface area contributed by atoms with Crippen molar-refractivity contribution in [1.82, 2.24) is 9.97 Å². The lowest BCUT2D eigenvalue weighted by atomic mass is 10.1. The highest BCUT2D eigenvalue weighted by Gasteiger charge is 2.18. The predicted molar refractivity (Wildman–Crippen MR) is 146 cm³/mol. The van der Waals surface area contributed by atoms with Crippen LogP contribution in [-0.4, -0.2) is 29.2 Å². The van der Waals surface area contributed by atoms with Gasteiger partial charge in [-0.25, -0.2) is 14.4 Å². The fourth-order valence-electron chi connectivity index (χ4n) is 3.45. The Hall–Kier alpha value is -4.70. The van der Waals surface area contributed by atoms with E-state index in [9.17, 15) is 9.18 Å². The Morgan fingerprint density at radius 3 is 2.65 bits per heavy atom. The lowest BCUT2D eigenvalue weighted by Gasteiger charge is -2.25. The number of carbonyl (C=O) groups is 1. The van der Waals surface area contributed by atoms with Crippen molar-refractivity contribution in [1.29, 1.82) is 0 Å². The van der Waals surface area contributed by atoms with Crippen molar-refractivity contribution in [3.05, 3.63) is 90.4 Å². The zero-order chi connectivity index (χ0) is 26.4. The minimum Gasteiger partial charge on any atom is -0.494 e. The molecule has 0 saturated carbocycles. The Balaban J connectivity index is 1.68. The summed E-state index contributed by atoms with van der Waals surface area (Å²) in [6, 6.07) is 9.45.